The third kappa shape index (κ3) is 4.16. The Morgan fingerprint density at radius 2 is 2.19 bits per heavy atom. The van der Waals surface area contributed by atoms with Gasteiger partial charge in [0.25, 0.3) is 0 Å². The van der Waals surface area contributed by atoms with Crippen LogP contribution in [0.1, 0.15) is 25.0 Å². The van der Waals surface area contributed by atoms with Gasteiger partial charge in [-0.2, -0.15) is 0 Å². The summed E-state index contributed by atoms with van der Waals surface area (Å²) in [6, 6.07) is 5.98. The summed E-state index contributed by atoms with van der Waals surface area (Å²) in [6.07, 6.45) is 12.4. The van der Waals surface area contributed by atoms with Crippen molar-refractivity contribution in [2.45, 2.75) is 25.4 Å². The summed E-state index contributed by atoms with van der Waals surface area (Å²) in [5, 5.41) is 6.91. The second-order valence-electron chi connectivity index (χ2n) is 5.67. The molecule has 1 aromatic rings. The van der Waals surface area contributed by atoms with Crippen molar-refractivity contribution >= 4 is 5.57 Å². The van der Waals surface area contributed by atoms with Gasteiger partial charge in [-0.3, -0.25) is 10.3 Å². The minimum atomic E-state index is 0.232. The summed E-state index contributed by atoms with van der Waals surface area (Å²) in [7, 11) is 0. The summed E-state index contributed by atoms with van der Waals surface area (Å²) in [5.41, 5.74) is 2.14. The highest BCUT2D eigenvalue weighted by atomic mass is 15.1. The van der Waals surface area contributed by atoms with E-state index in [1.165, 1.54) is 38.9 Å². The van der Waals surface area contributed by atoms with Crippen molar-refractivity contribution in [1.82, 2.24) is 20.5 Å². The Hall–Kier alpha value is -1.65. The molecule has 1 fully saturated rings. The molecule has 1 atom stereocenters. The molecular formula is C17H24N4. The second-order valence-corrected chi connectivity index (χ2v) is 5.67. The van der Waals surface area contributed by atoms with Crippen LogP contribution in [0.15, 0.2) is 42.7 Å². The summed E-state index contributed by atoms with van der Waals surface area (Å²) in [4.78, 5) is 6.92. The zero-order valence-electron chi connectivity index (χ0n) is 12.5. The van der Waals surface area contributed by atoms with Crippen LogP contribution < -0.4 is 10.6 Å². The van der Waals surface area contributed by atoms with Gasteiger partial charge in [0, 0.05) is 18.0 Å². The first kappa shape index (κ1) is 14.3. The third-order valence-corrected chi connectivity index (χ3v) is 4.06. The van der Waals surface area contributed by atoms with Gasteiger partial charge in [-0.05, 0) is 63.7 Å². The molecule has 0 bridgehead atoms. The smallest absolute Gasteiger partial charge is 0.0959 e. The molecule has 4 nitrogen and oxygen atoms in total. The number of pyridine rings is 1. The van der Waals surface area contributed by atoms with Crippen LogP contribution in [-0.4, -0.2) is 42.2 Å². The van der Waals surface area contributed by atoms with Gasteiger partial charge >= 0.3 is 0 Å². The first-order valence-corrected chi connectivity index (χ1v) is 7.93. The van der Waals surface area contributed by atoms with Crippen molar-refractivity contribution in [2.24, 2.45) is 0 Å². The van der Waals surface area contributed by atoms with E-state index in [0.29, 0.717) is 0 Å². The Bertz CT molecular complexity index is 489. The maximum atomic E-state index is 4.36. The number of nitrogens with zero attached hydrogens (tertiary/aromatic N) is 2. The van der Waals surface area contributed by atoms with Crippen LogP contribution in [0.2, 0.25) is 0 Å². The van der Waals surface area contributed by atoms with Gasteiger partial charge in [-0.25, -0.2) is 0 Å². The van der Waals surface area contributed by atoms with Gasteiger partial charge < -0.3 is 10.2 Å². The largest absolute Gasteiger partial charge is 0.372 e. The van der Waals surface area contributed by atoms with Crippen molar-refractivity contribution in [3.8, 4) is 0 Å². The Morgan fingerprint density at radius 3 is 2.90 bits per heavy atom. The molecule has 3 rings (SSSR count). The molecule has 0 aliphatic carbocycles. The normalized spacial score (nSPS) is 22.1. The Morgan fingerprint density at radius 1 is 1.29 bits per heavy atom. The second kappa shape index (κ2) is 7.38. The van der Waals surface area contributed by atoms with Crippen LogP contribution in [0.3, 0.4) is 0 Å². The van der Waals surface area contributed by atoms with Crippen LogP contribution >= 0.6 is 0 Å². The molecule has 0 spiro atoms. The van der Waals surface area contributed by atoms with Crippen molar-refractivity contribution in [2.75, 3.05) is 26.2 Å². The van der Waals surface area contributed by atoms with Crippen molar-refractivity contribution in [3.05, 3.63) is 48.4 Å². The summed E-state index contributed by atoms with van der Waals surface area (Å²) >= 11 is 0. The zero-order valence-corrected chi connectivity index (χ0v) is 12.5. The Kier molecular flexibility index (Phi) is 5.03. The third-order valence-electron chi connectivity index (χ3n) is 4.06. The van der Waals surface area contributed by atoms with E-state index in [0.717, 1.165) is 17.8 Å². The van der Waals surface area contributed by atoms with Crippen LogP contribution in [-0.2, 0) is 0 Å². The molecule has 2 aliphatic rings. The number of dihydropyridines is 1. The molecule has 0 saturated carbocycles. The number of likely N-dealkylation sites (tertiary alicyclic amines) is 1. The maximum Gasteiger partial charge on any atom is 0.0959 e. The van der Waals surface area contributed by atoms with Gasteiger partial charge in [0.2, 0.25) is 0 Å². The van der Waals surface area contributed by atoms with E-state index < -0.39 is 0 Å². The molecule has 3 heterocycles. The van der Waals surface area contributed by atoms with Crippen LogP contribution in [0, 0.1) is 0 Å². The topological polar surface area (TPSA) is 40.2 Å². The van der Waals surface area contributed by atoms with E-state index in [2.05, 4.69) is 32.7 Å². The van der Waals surface area contributed by atoms with Gasteiger partial charge in [0.05, 0.1) is 11.9 Å². The fourth-order valence-corrected chi connectivity index (χ4v) is 2.87. The van der Waals surface area contributed by atoms with Gasteiger partial charge in [0.1, 0.15) is 0 Å². The molecule has 1 unspecified atom stereocenters. The standard InChI is InChI=1S/C17H24N4/c1-2-9-18-16(6-1)15-7-8-17(20-14-15)19-10-5-13-21-11-3-4-12-21/h1-2,6-9,14,17,19-20H,3-5,10-13H2. The highest BCUT2D eigenvalue weighted by molar-refractivity contribution is 5.72. The van der Waals surface area contributed by atoms with E-state index in [-0.39, 0.29) is 6.17 Å². The van der Waals surface area contributed by atoms with Gasteiger partial charge in [0.15, 0.2) is 0 Å². The van der Waals surface area contributed by atoms with E-state index in [9.17, 15) is 0 Å². The number of hydrogen-bond donors (Lipinski definition) is 2. The lowest BCUT2D eigenvalue weighted by Gasteiger charge is -2.21. The molecule has 0 aromatic carbocycles. The summed E-state index contributed by atoms with van der Waals surface area (Å²) in [5.74, 6) is 0. The van der Waals surface area contributed by atoms with E-state index >= 15 is 0 Å². The minimum absolute atomic E-state index is 0.232. The zero-order chi connectivity index (χ0) is 14.3. The maximum absolute atomic E-state index is 4.36. The SMILES string of the molecule is C1=CC(NCCCN2CCCC2)NC=C1c1ccccn1. The Balaban J connectivity index is 1.38. The predicted molar refractivity (Wildman–Crippen MR) is 86.6 cm³/mol. The molecule has 1 aromatic heterocycles. The molecule has 0 radical (unpaired) electrons. The lowest BCUT2D eigenvalue weighted by atomic mass is 10.1. The quantitative estimate of drug-likeness (QED) is 0.784. The van der Waals surface area contributed by atoms with Crippen LogP contribution in [0.25, 0.3) is 5.57 Å². The minimum Gasteiger partial charge on any atom is -0.372 e. The average Bonchev–Trinajstić information content (AvgIpc) is 3.06. The number of aromatic nitrogens is 1. The van der Waals surface area contributed by atoms with E-state index in [4.69, 9.17) is 0 Å². The van der Waals surface area contributed by atoms with Crippen molar-refractivity contribution in [1.29, 1.82) is 0 Å². The number of allylic oxidation sites excluding steroid dienone is 2. The van der Waals surface area contributed by atoms with E-state index in [1.54, 1.807) is 0 Å². The first-order chi connectivity index (χ1) is 10.4. The molecule has 2 N–H and O–H groups in total. The highest BCUT2D eigenvalue weighted by Gasteiger charge is 2.11. The molecule has 2 aliphatic heterocycles. The molecule has 112 valence electrons. The van der Waals surface area contributed by atoms with Crippen molar-refractivity contribution < 1.29 is 0 Å². The molecule has 4 heteroatoms. The molecule has 1 saturated heterocycles. The molecule has 21 heavy (non-hydrogen) atoms. The highest BCUT2D eigenvalue weighted by Crippen LogP contribution is 2.14. The van der Waals surface area contributed by atoms with Crippen molar-refractivity contribution in [3.63, 3.8) is 0 Å². The number of hydrogen-bond acceptors (Lipinski definition) is 4. The predicted octanol–water partition coefficient (Wildman–Crippen LogP) is 1.98. The lowest BCUT2D eigenvalue weighted by molar-refractivity contribution is 0.328. The van der Waals surface area contributed by atoms with Gasteiger partial charge in [-0.1, -0.05) is 12.1 Å². The fraction of sp³-hybridized carbons (Fsp3) is 0.471. The molecular weight excluding hydrogens is 260 g/mol. The Labute approximate surface area is 126 Å². The van der Waals surface area contributed by atoms with Crippen LogP contribution in [0.4, 0.5) is 0 Å². The van der Waals surface area contributed by atoms with Crippen LogP contribution in [0.5, 0.6) is 0 Å². The lowest BCUT2D eigenvalue weighted by Crippen LogP contribution is -2.40. The summed E-state index contributed by atoms with van der Waals surface area (Å²) in [6.45, 7) is 4.85. The fourth-order valence-electron chi connectivity index (χ4n) is 2.87. The van der Waals surface area contributed by atoms with Gasteiger partial charge in [-0.15, -0.1) is 0 Å². The van der Waals surface area contributed by atoms with E-state index in [1.807, 2.05) is 30.6 Å². The monoisotopic (exact) mass is 284 g/mol. The summed E-state index contributed by atoms with van der Waals surface area (Å²) < 4.78 is 0. The number of nitrogens with one attached hydrogen (secondary N) is 2. The number of rotatable bonds is 6. The first-order valence-electron chi connectivity index (χ1n) is 7.93. The average molecular weight is 284 g/mol. The molecule has 0 amide bonds.